The zero-order valence-electron chi connectivity index (χ0n) is 19.7. The lowest BCUT2D eigenvalue weighted by atomic mass is 9.93. The Kier molecular flexibility index (Phi) is 8.77. The van der Waals surface area contributed by atoms with E-state index in [2.05, 4.69) is 20.1 Å². The maximum atomic E-state index is 13.4. The van der Waals surface area contributed by atoms with Crippen LogP contribution in [0.3, 0.4) is 0 Å². The van der Waals surface area contributed by atoms with Gasteiger partial charge in [0.2, 0.25) is 0 Å². The third-order valence-corrected chi connectivity index (χ3v) is 8.29. The monoisotopic (exact) mass is 582 g/mol. The Morgan fingerprint density at radius 3 is 1.57 bits per heavy atom. The molecule has 0 radical (unpaired) electrons. The third-order valence-electron chi connectivity index (χ3n) is 6.88. The quantitative estimate of drug-likeness (QED) is 0.327. The molecule has 196 valence electrons. The SMILES string of the molecule is CN(C(=O)c1cc(Br)cc(C(=O)N(C)C2CCCCC2)c1OS(=O)(=O)C(F)(F)F)C1CCCCC1. The van der Waals surface area contributed by atoms with Crippen molar-refractivity contribution in [3.8, 4) is 5.75 Å². The molecule has 0 aromatic heterocycles. The van der Waals surface area contributed by atoms with Crippen molar-refractivity contribution >= 4 is 37.9 Å². The van der Waals surface area contributed by atoms with Crippen LogP contribution in [0.15, 0.2) is 16.6 Å². The van der Waals surface area contributed by atoms with Crippen LogP contribution in [0.25, 0.3) is 0 Å². The summed E-state index contributed by atoms with van der Waals surface area (Å²) < 4.78 is 68.5. The van der Waals surface area contributed by atoms with Crippen molar-refractivity contribution in [2.45, 2.75) is 81.8 Å². The van der Waals surface area contributed by atoms with Gasteiger partial charge in [-0.25, -0.2) is 0 Å². The maximum Gasteiger partial charge on any atom is 0.534 e. The van der Waals surface area contributed by atoms with Crippen molar-refractivity contribution in [3.63, 3.8) is 0 Å². The van der Waals surface area contributed by atoms with Gasteiger partial charge >= 0.3 is 15.6 Å². The summed E-state index contributed by atoms with van der Waals surface area (Å²) >= 11 is 3.22. The van der Waals surface area contributed by atoms with E-state index in [1.54, 1.807) is 0 Å². The van der Waals surface area contributed by atoms with Crippen LogP contribution in [-0.2, 0) is 10.1 Å². The number of benzene rings is 1. The topological polar surface area (TPSA) is 84.0 Å². The molecule has 2 aliphatic rings. The van der Waals surface area contributed by atoms with Gasteiger partial charge in [0.05, 0.1) is 11.1 Å². The summed E-state index contributed by atoms with van der Waals surface area (Å²) in [4.78, 5) is 29.6. The van der Waals surface area contributed by atoms with Gasteiger partial charge in [-0.2, -0.15) is 21.6 Å². The van der Waals surface area contributed by atoms with E-state index in [1.807, 2.05) is 0 Å². The highest BCUT2D eigenvalue weighted by molar-refractivity contribution is 9.10. The molecule has 7 nitrogen and oxygen atoms in total. The maximum absolute atomic E-state index is 13.4. The zero-order valence-corrected chi connectivity index (χ0v) is 22.1. The molecule has 2 aliphatic carbocycles. The second-order valence-electron chi connectivity index (χ2n) is 9.23. The van der Waals surface area contributed by atoms with E-state index in [-0.39, 0.29) is 16.6 Å². The molecular formula is C23H30BrF3N2O5S. The van der Waals surface area contributed by atoms with Crippen molar-refractivity contribution in [2.24, 2.45) is 0 Å². The van der Waals surface area contributed by atoms with E-state index in [1.165, 1.54) is 36.0 Å². The normalized spacial score (nSPS) is 18.2. The zero-order chi connectivity index (χ0) is 26.0. The fourth-order valence-electron chi connectivity index (χ4n) is 4.81. The predicted molar refractivity (Wildman–Crippen MR) is 128 cm³/mol. The molecule has 0 spiro atoms. The number of halogens is 4. The van der Waals surface area contributed by atoms with Crippen LogP contribution in [0.4, 0.5) is 13.2 Å². The molecule has 0 unspecified atom stereocenters. The number of hydrogen-bond acceptors (Lipinski definition) is 5. The molecule has 3 rings (SSSR count). The molecule has 35 heavy (non-hydrogen) atoms. The van der Waals surface area contributed by atoms with E-state index in [0.717, 1.165) is 64.2 Å². The van der Waals surface area contributed by atoms with E-state index in [4.69, 9.17) is 0 Å². The molecular weight excluding hydrogens is 553 g/mol. The lowest BCUT2D eigenvalue weighted by Gasteiger charge is -2.33. The number of carbonyl (C=O) groups excluding carboxylic acids is 2. The molecule has 12 heteroatoms. The number of nitrogens with zero attached hydrogens (tertiary/aromatic N) is 2. The molecule has 0 saturated heterocycles. The summed E-state index contributed by atoms with van der Waals surface area (Å²) in [5.41, 5.74) is -6.56. The Morgan fingerprint density at radius 1 is 0.857 bits per heavy atom. The fraction of sp³-hybridized carbons (Fsp3) is 0.652. The summed E-state index contributed by atoms with van der Waals surface area (Å²) in [6, 6.07) is 2.10. The second-order valence-corrected chi connectivity index (χ2v) is 11.7. The largest absolute Gasteiger partial charge is 0.534 e. The molecule has 1 aromatic carbocycles. The minimum atomic E-state index is -6.13. The highest BCUT2D eigenvalue weighted by Crippen LogP contribution is 2.37. The first-order valence-electron chi connectivity index (χ1n) is 11.7. The lowest BCUT2D eigenvalue weighted by Crippen LogP contribution is -2.40. The molecule has 0 aliphatic heterocycles. The fourth-order valence-corrected chi connectivity index (χ4v) is 5.76. The van der Waals surface area contributed by atoms with Gasteiger partial charge in [-0.1, -0.05) is 54.5 Å². The summed E-state index contributed by atoms with van der Waals surface area (Å²) in [6.07, 6.45) is 8.58. The van der Waals surface area contributed by atoms with Crippen molar-refractivity contribution in [3.05, 3.63) is 27.7 Å². The first-order valence-corrected chi connectivity index (χ1v) is 13.9. The molecule has 2 amide bonds. The highest BCUT2D eigenvalue weighted by Gasteiger charge is 2.49. The first kappa shape index (κ1) is 27.8. The second kappa shape index (κ2) is 11.1. The molecule has 0 bridgehead atoms. The van der Waals surface area contributed by atoms with Crippen LogP contribution in [0.1, 0.15) is 84.9 Å². The van der Waals surface area contributed by atoms with E-state index in [0.29, 0.717) is 0 Å². The number of carbonyl (C=O) groups is 2. The number of rotatable bonds is 6. The van der Waals surface area contributed by atoms with Gasteiger partial charge in [0, 0.05) is 30.7 Å². The number of hydrogen-bond donors (Lipinski definition) is 0. The van der Waals surface area contributed by atoms with Gasteiger partial charge in [-0.15, -0.1) is 0 Å². The molecule has 0 atom stereocenters. The van der Waals surface area contributed by atoms with Crippen molar-refractivity contribution in [2.75, 3.05) is 14.1 Å². The molecule has 1 aromatic rings. The smallest absolute Gasteiger partial charge is 0.374 e. The highest BCUT2D eigenvalue weighted by atomic mass is 79.9. The van der Waals surface area contributed by atoms with Gasteiger partial charge in [0.1, 0.15) is 0 Å². The van der Waals surface area contributed by atoms with Crippen LogP contribution in [0, 0.1) is 0 Å². The van der Waals surface area contributed by atoms with Crippen LogP contribution in [0.5, 0.6) is 5.75 Å². The Labute approximate surface area is 212 Å². The van der Waals surface area contributed by atoms with Gasteiger partial charge in [-0.05, 0) is 37.8 Å². The molecule has 0 N–H and O–H groups in total. The minimum Gasteiger partial charge on any atom is -0.374 e. The Balaban J connectivity index is 2.09. The van der Waals surface area contributed by atoms with Gasteiger partial charge < -0.3 is 14.0 Å². The molecule has 2 fully saturated rings. The third kappa shape index (κ3) is 6.31. The van der Waals surface area contributed by atoms with Crippen LogP contribution in [-0.4, -0.2) is 61.7 Å². The Hall–Kier alpha value is -1.82. The number of alkyl halides is 3. The lowest BCUT2D eigenvalue weighted by molar-refractivity contribution is -0.0500. The molecule has 2 saturated carbocycles. The van der Waals surface area contributed by atoms with Crippen LogP contribution in [0.2, 0.25) is 0 Å². The Morgan fingerprint density at radius 2 is 1.23 bits per heavy atom. The van der Waals surface area contributed by atoms with Crippen molar-refractivity contribution < 1.29 is 35.4 Å². The number of amides is 2. The van der Waals surface area contributed by atoms with Crippen LogP contribution < -0.4 is 4.18 Å². The van der Waals surface area contributed by atoms with E-state index in [9.17, 15) is 31.2 Å². The van der Waals surface area contributed by atoms with Gasteiger partial charge in [-0.3, -0.25) is 9.59 Å². The van der Waals surface area contributed by atoms with E-state index >= 15 is 0 Å². The van der Waals surface area contributed by atoms with Crippen LogP contribution >= 0.6 is 15.9 Å². The summed E-state index contributed by atoms with van der Waals surface area (Å²) in [5.74, 6) is -2.31. The average molecular weight is 583 g/mol. The molecule has 0 heterocycles. The first-order chi connectivity index (χ1) is 16.3. The predicted octanol–water partition coefficient (Wildman–Crippen LogP) is 5.49. The van der Waals surface area contributed by atoms with Gasteiger partial charge in [0.15, 0.2) is 5.75 Å². The van der Waals surface area contributed by atoms with Crippen molar-refractivity contribution in [1.29, 1.82) is 0 Å². The van der Waals surface area contributed by atoms with Crippen molar-refractivity contribution in [1.82, 2.24) is 9.80 Å². The summed E-state index contributed by atoms with van der Waals surface area (Å²) in [5, 5.41) is 0. The standard InChI is InChI=1S/C23H30BrF3N2O5S/c1-28(16-9-5-3-6-10-16)21(30)18-13-15(24)14-19(20(18)34-35(32,33)23(25,26)27)22(31)29(2)17-11-7-4-8-12-17/h13-14,16-17H,3-12H2,1-2H3. The summed E-state index contributed by atoms with van der Waals surface area (Å²) in [6.45, 7) is 0. The average Bonchev–Trinajstić information content (AvgIpc) is 2.83. The minimum absolute atomic E-state index is 0.147. The summed E-state index contributed by atoms with van der Waals surface area (Å²) in [7, 11) is -3.08. The Bertz CT molecular complexity index is 995. The van der Waals surface area contributed by atoms with Gasteiger partial charge in [0.25, 0.3) is 11.8 Å². The van der Waals surface area contributed by atoms with E-state index < -0.39 is 44.3 Å².